The van der Waals surface area contributed by atoms with Crippen LogP contribution in [0.3, 0.4) is 0 Å². The Hall–Kier alpha value is -0.610. The van der Waals surface area contributed by atoms with Gasteiger partial charge in [0.2, 0.25) is 0 Å². The lowest BCUT2D eigenvalue weighted by Gasteiger charge is -1.91. The van der Waals surface area contributed by atoms with E-state index < -0.39 is 4.92 Å². The molecule has 0 aliphatic rings. The average molecular weight is 238 g/mol. The van der Waals surface area contributed by atoms with Crippen LogP contribution in [-0.4, -0.2) is 4.92 Å². The summed E-state index contributed by atoms with van der Waals surface area (Å²) in [5, 5.41) is 10.2. The summed E-state index contributed by atoms with van der Waals surface area (Å²) in [6.07, 6.45) is 0. The first-order chi connectivity index (χ1) is 4.72. The minimum absolute atomic E-state index is 0. The summed E-state index contributed by atoms with van der Waals surface area (Å²) in [6.45, 7) is 0. The molecule has 0 aliphatic carbocycles. The van der Waals surface area contributed by atoms with Gasteiger partial charge in [-0.05, 0) is 22.0 Å². The third-order valence-electron chi connectivity index (χ3n) is 1.05. The van der Waals surface area contributed by atoms with Crippen molar-refractivity contribution in [2.45, 2.75) is 0 Å². The lowest BCUT2D eigenvalue weighted by atomic mass is 10.3. The van der Waals surface area contributed by atoms with Crippen molar-refractivity contribution in [3.63, 3.8) is 0 Å². The highest BCUT2D eigenvalue weighted by Gasteiger charge is 2.07. The number of para-hydroxylation sites is 1. The zero-order chi connectivity index (χ0) is 7.56. The molecule has 0 spiro atoms. The largest absolute Gasteiger partial charge is 0.283 e. The number of nitro benzene ring substituents is 1. The molecule has 1 aromatic rings. The highest BCUT2D eigenvalue weighted by atomic mass is 79.9. The molecule has 0 saturated heterocycles. The molecule has 0 heterocycles. The van der Waals surface area contributed by atoms with Crippen molar-refractivity contribution in [1.29, 1.82) is 0 Å². The summed E-state index contributed by atoms with van der Waals surface area (Å²) in [7, 11) is 0. The molecule has 0 bridgehead atoms. The molecular weight excluding hydrogens is 233 g/mol. The summed E-state index contributed by atoms with van der Waals surface area (Å²) < 4.78 is 0.514. The Morgan fingerprint density at radius 1 is 1.36 bits per heavy atom. The third-order valence-corrected chi connectivity index (χ3v) is 1.72. The Bertz CT molecular complexity index is 267. The maximum atomic E-state index is 10.2. The molecule has 0 N–H and O–H groups in total. The Kier molecular flexibility index (Phi) is 4.07. The third kappa shape index (κ3) is 2.48. The summed E-state index contributed by atoms with van der Waals surface area (Å²) in [5.41, 5.74) is 0.0995. The minimum atomic E-state index is -0.427. The summed E-state index contributed by atoms with van der Waals surface area (Å²) in [4.78, 5) is 9.77. The number of benzene rings is 1. The zero-order valence-electron chi connectivity index (χ0n) is 5.36. The van der Waals surface area contributed by atoms with Crippen LogP contribution in [0.25, 0.3) is 0 Å². The number of nitrogens with zero attached hydrogens (tertiary/aromatic N) is 1. The Balaban J connectivity index is 0.000001000. The van der Waals surface area contributed by atoms with Crippen LogP contribution in [0.1, 0.15) is 0 Å². The molecule has 0 radical (unpaired) electrons. The van der Waals surface area contributed by atoms with Gasteiger partial charge in [-0.15, -0.1) is 12.4 Å². The van der Waals surface area contributed by atoms with Gasteiger partial charge in [0.1, 0.15) is 0 Å². The van der Waals surface area contributed by atoms with Crippen molar-refractivity contribution < 1.29 is 4.92 Å². The van der Waals surface area contributed by atoms with Gasteiger partial charge in [-0.25, -0.2) is 0 Å². The maximum Gasteiger partial charge on any atom is 0.283 e. The second-order valence-electron chi connectivity index (χ2n) is 1.71. The molecule has 1 rings (SSSR count). The smallest absolute Gasteiger partial charge is 0.258 e. The fourth-order valence-corrected chi connectivity index (χ4v) is 1.03. The first kappa shape index (κ1) is 10.4. The monoisotopic (exact) mass is 237 g/mol. The molecule has 60 valence electrons. The van der Waals surface area contributed by atoms with E-state index >= 15 is 0 Å². The van der Waals surface area contributed by atoms with E-state index in [1.165, 1.54) is 6.07 Å². The topological polar surface area (TPSA) is 43.1 Å². The van der Waals surface area contributed by atoms with E-state index in [4.69, 9.17) is 0 Å². The first-order valence-electron chi connectivity index (χ1n) is 2.61. The van der Waals surface area contributed by atoms with E-state index in [2.05, 4.69) is 15.9 Å². The molecule has 1 aromatic carbocycles. The average Bonchev–Trinajstić information content (AvgIpc) is 1.88. The predicted octanol–water partition coefficient (Wildman–Crippen LogP) is 2.78. The van der Waals surface area contributed by atoms with Crippen molar-refractivity contribution >= 4 is 34.0 Å². The highest BCUT2D eigenvalue weighted by Crippen LogP contribution is 2.22. The summed E-state index contributed by atoms with van der Waals surface area (Å²) in [6, 6.07) is 6.45. The number of hydrogen-bond acceptors (Lipinski definition) is 2. The predicted molar refractivity (Wildman–Crippen MR) is 48.0 cm³/mol. The molecule has 0 atom stereocenters. The van der Waals surface area contributed by atoms with Gasteiger partial charge in [0.15, 0.2) is 0 Å². The molecule has 0 unspecified atom stereocenters. The van der Waals surface area contributed by atoms with Crippen LogP contribution in [-0.2, 0) is 0 Å². The molecule has 0 aromatic heterocycles. The van der Waals surface area contributed by atoms with E-state index in [9.17, 15) is 10.1 Å². The van der Waals surface area contributed by atoms with Crippen LogP contribution in [0.2, 0.25) is 0 Å². The van der Waals surface area contributed by atoms with Gasteiger partial charge in [-0.2, -0.15) is 0 Å². The summed E-state index contributed by atoms with van der Waals surface area (Å²) >= 11 is 3.06. The van der Waals surface area contributed by atoms with Crippen molar-refractivity contribution in [2.24, 2.45) is 0 Å². The molecule has 0 saturated carbocycles. The molecule has 0 aliphatic heterocycles. The molecule has 0 amide bonds. The van der Waals surface area contributed by atoms with Gasteiger partial charge < -0.3 is 0 Å². The van der Waals surface area contributed by atoms with Gasteiger partial charge in [-0.3, -0.25) is 10.1 Å². The molecular formula is C6H5BrClNO2. The van der Waals surface area contributed by atoms with Crippen LogP contribution < -0.4 is 0 Å². The van der Waals surface area contributed by atoms with Crippen molar-refractivity contribution in [2.75, 3.05) is 0 Å². The Morgan fingerprint density at radius 3 is 2.27 bits per heavy atom. The number of rotatable bonds is 1. The number of nitro groups is 1. The van der Waals surface area contributed by atoms with Crippen LogP contribution in [0, 0.1) is 10.1 Å². The van der Waals surface area contributed by atoms with Gasteiger partial charge in [0.05, 0.1) is 9.40 Å². The van der Waals surface area contributed by atoms with Crippen molar-refractivity contribution in [1.82, 2.24) is 0 Å². The molecule has 0 fully saturated rings. The molecule has 11 heavy (non-hydrogen) atoms. The molecule has 5 heteroatoms. The Labute approximate surface area is 78.1 Å². The van der Waals surface area contributed by atoms with Crippen LogP contribution >= 0.6 is 28.3 Å². The van der Waals surface area contributed by atoms with Crippen LogP contribution in [0.5, 0.6) is 0 Å². The van der Waals surface area contributed by atoms with E-state index in [0.29, 0.717) is 4.47 Å². The van der Waals surface area contributed by atoms with Crippen molar-refractivity contribution in [3.8, 4) is 0 Å². The second kappa shape index (κ2) is 4.31. The number of halogens is 2. The quantitative estimate of drug-likeness (QED) is 0.558. The van der Waals surface area contributed by atoms with E-state index in [0.717, 1.165) is 0 Å². The lowest BCUT2D eigenvalue weighted by molar-refractivity contribution is -0.385. The summed E-state index contributed by atoms with van der Waals surface area (Å²) in [5.74, 6) is 0. The van der Waals surface area contributed by atoms with Gasteiger partial charge >= 0.3 is 0 Å². The SMILES string of the molecule is Cl.O=[N+]([O-])c1ccccc1Br. The standard InChI is InChI=1S/C6H4BrNO2.ClH/c7-5-3-1-2-4-6(5)8(9)10;/h1-4H;1H. The van der Waals surface area contributed by atoms with Gasteiger partial charge in [0, 0.05) is 6.07 Å². The normalized spacial score (nSPS) is 8.45. The zero-order valence-corrected chi connectivity index (χ0v) is 7.76. The fraction of sp³-hybridized carbons (Fsp3) is 0. The fourth-order valence-electron chi connectivity index (χ4n) is 0.600. The number of hydrogen-bond donors (Lipinski definition) is 0. The highest BCUT2D eigenvalue weighted by molar-refractivity contribution is 9.10. The first-order valence-corrected chi connectivity index (χ1v) is 3.40. The Morgan fingerprint density at radius 2 is 1.91 bits per heavy atom. The van der Waals surface area contributed by atoms with E-state index in [1.807, 2.05) is 0 Å². The van der Waals surface area contributed by atoms with E-state index in [-0.39, 0.29) is 18.1 Å². The lowest BCUT2D eigenvalue weighted by Crippen LogP contribution is -1.87. The van der Waals surface area contributed by atoms with E-state index in [1.54, 1.807) is 18.2 Å². The van der Waals surface area contributed by atoms with Gasteiger partial charge in [-0.1, -0.05) is 12.1 Å². The van der Waals surface area contributed by atoms with Gasteiger partial charge in [0.25, 0.3) is 5.69 Å². The van der Waals surface area contributed by atoms with Crippen LogP contribution in [0.15, 0.2) is 28.7 Å². The minimum Gasteiger partial charge on any atom is -0.258 e. The van der Waals surface area contributed by atoms with Crippen LogP contribution in [0.4, 0.5) is 5.69 Å². The van der Waals surface area contributed by atoms with Crippen molar-refractivity contribution in [3.05, 3.63) is 38.9 Å². The maximum absolute atomic E-state index is 10.2. The second-order valence-corrected chi connectivity index (χ2v) is 2.56. The molecule has 3 nitrogen and oxygen atoms in total.